The highest BCUT2D eigenvalue weighted by molar-refractivity contribution is 7.08. The van der Waals surface area contributed by atoms with E-state index in [1.807, 2.05) is 6.92 Å². The van der Waals surface area contributed by atoms with Crippen molar-refractivity contribution in [2.24, 2.45) is 4.99 Å². The van der Waals surface area contributed by atoms with Crippen LogP contribution in [0.15, 0.2) is 17.1 Å². The van der Waals surface area contributed by atoms with Crippen molar-refractivity contribution >= 4 is 17.2 Å². The van der Waals surface area contributed by atoms with Crippen molar-refractivity contribution in [3.8, 4) is 11.5 Å². The van der Waals surface area contributed by atoms with Gasteiger partial charge < -0.3 is 9.47 Å². The number of aliphatic imine (C=N–C) groups is 1. The molecule has 5 nitrogen and oxygen atoms in total. The van der Waals surface area contributed by atoms with Gasteiger partial charge in [-0.2, -0.15) is 0 Å². The van der Waals surface area contributed by atoms with Gasteiger partial charge in [0.15, 0.2) is 11.5 Å². The number of aromatic nitrogens is 2. The lowest BCUT2D eigenvalue weighted by Crippen LogP contribution is -2.29. The van der Waals surface area contributed by atoms with Crippen molar-refractivity contribution in [2.75, 3.05) is 14.2 Å². The average molecular weight is 343 g/mol. The molecule has 1 saturated carbocycles. The van der Waals surface area contributed by atoms with E-state index in [2.05, 4.69) is 21.7 Å². The molecule has 0 radical (unpaired) electrons. The Bertz CT molecular complexity index is 800. The first kappa shape index (κ1) is 15.6. The van der Waals surface area contributed by atoms with E-state index in [1.165, 1.54) is 36.4 Å². The minimum absolute atomic E-state index is 0.348. The Kier molecular flexibility index (Phi) is 4.00. The van der Waals surface area contributed by atoms with Crippen molar-refractivity contribution in [2.45, 2.75) is 44.6 Å². The predicted octanol–water partition coefficient (Wildman–Crippen LogP) is 3.74. The van der Waals surface area contributed by atoms with E-state index in [-0.39, 0.29) is 0 Å². The summed E-state index contributed by atoms with van der Waals surface area (Å²) >= 11 is 1.42. The Hall–Kier alpha value is -1.95. The molecule has 0 spiro atoms. The molecule has 2 unspecified atom stereocenters. The number of fused-ring (bicyclic) bond motifs is 3. The number of rotatable bonds is 3. The van der Waals surface area contributed by atoms with Crippen LogP contribution < -0.4 is 9.47 Å². The fraction of sp³-hybridized carbons (Fsp3) is 0.500. The van der Waals surface area contributed by atoms with Gasteiger partial charge >= 0.3 is 0 Å². The maximum Gasteiger partial charge on any atom is 0.161 e. The van der Waals surface area contributed by atoms with Gasteiger partial charge in [-0.05, 0) is 49.0 Å². The summed E-state index contributed by atoms with van der Waals surface area (Å²) in [6.45, 7) is 1.99. The van der Waals surface area contributed by atoms with Gasteiger partial charge in [0.1, 0.15) is 0 Å². The SMILES string of the molecule is COc1cc2c(cc1OC)C1CCCCC1N=C2c1snnc1C. The Morgan fingerprint density at radius 1 is 1.08 bits per heavy atom. The van der Waals surface area contributed by atoms with Crippen molar-refractivity contribution in [1.82, 2.24) is 9.59 Å². The molecule has 24 heavy (non-hydrogen) atoms. The molecule has 1 aromatic carbocycles. The third-order valence-electron chi connectivity index (χ3n) is 5.10. The van der Waals surface area contributed by atoms with Crippen LogP contribution in [-0.4, -0.2) is 35.6 Å². The number of methoxy groups -OCH3 is 2. The summed E-state index contributed by atoms with van der Waals surface area (Å²) < 4.78 is 15.2. The Morgan fingerprint density at radius 3 is 2.54 bits per heavy atom. The van der Waals surface area contributed by atoms with E-state index in [4.69, 9.17) is 14.5 Å². The van der Waals surface area contributed by atoms with E-state index in [0.29, 0.717) is 12.0 Å². The highest BCUT2D eigenvalue weighted by atomic mass is 32.1. The fourth-order valence-electron chi connectivity index (χ4n) is 3.90. The molecule has 0 bridgehead atoms. The molecule has 2 aromatic rings. The number of aryl methyl sites for hydroxylation is 1. The zero-order valence-corrected chi connectivity index (χ0v) is 15.0. The van der Waals surface area contributed by atoms with E-state index >= 15 is 0 Å². The molecule has 6 heteroatoms. The van der Waals surface area contributed by atoms with Crippen LogP contribution in [0.4, 0.5) is 0 Å². The topological polar surface area (TPSA) is 56.6 Å². The Morgan fingerprint density at radius 2 is 1.83 bits per heavy atom. The van der Waals surface area contributed by atoms with Crippen LogP contribution in [0, 0.1) is 6.92 Å². The molecule has 126 valence electrons. The van der Waals surface area contributed by atoms with Gasteiger partial charge in [0, 0.05) is 11.5 Å². The predicted molar refractivity (Wildman–Crippen MR) is 94.8 cm³/mol. The molecule has 1 fully saturated rings. The second kappa shape index (κ2) is 6.16. The molecular formula is C18H21N3O2S. The number of hydrogen-bond donors (Lipinski definition) is 0. The van der Waals surface area contributed by atoms with E-state index in [0.717, 1.165) is 39.8 Å². The summed E-state index contributed by atoms with van der Waals surface area (Å²) in [5, 5.41) is 4.18. The van der Waals surface area contributed by atoms with Crippen LogP contribution in [0.3, 0.4) is 0 Å². The van der Waals surface area contributed by atoms with Gasteiger partial charge in [0.25, 0.3) is 0 Å². The molecule has 2 aliphatic rings. The first-order valence-corrected chi connectivity index (χ1v) is 9.13. The first-order valence-electron chi connectivity index (χ1n) is 8.36. The average Bonchev–Trinajstić information content (AvgIpc) is 3.05. The quantitative estimate of drug-likeness (QED) is 0.852. The van der Waals surface area contributed by atoms with Crippen molar-refractivity contribution < 1.29 is 9.47 Å². The zero-order chi connectivity index (χ0) is 16.7. The van der Waals surface area contributed by atoms with Crippen LogP contribution in [0.1, 0.15) is 53.3 Å². The molecule has 1 aliphatic carbocycles. The van der Waals surface area contributed by atoms with Gasteiger partial charge in [-0.25, -0.2) is 0 Å². The highest BCUT2D eigenvalue weighted by Crippen LogP contribution is 2.45. The lowest BCUT2D eigenvalue weighted by atomic mass is 9.75. The van der Waals surface area contributed by atoms with Gasteiger partial charge in [0.05, 0.1) is 36.5 Å². The number of ether oxygens (including phenoxy) is 2. The van der Waals surface area contributed by atoms with E-state index < -0.39 is 0 Å². The molecule has 0 amide bonds. The summed E-state index contributed by atoms with van der Waals surface area (Å²) in [7, 11) is 3.37. The largest absolute Gasteiger partial charge is 0.493 e. The summed E-state index contributed by atoms with van der Waals surface area (Å²) in [5.74, 6) is 2.01. The smallest absolute Gasteiger partial charge is 0.161 e. The molecule has 4 rings (SSSR count). The number of nitrogens with zero attached hydrogens (tertiary/aromatic N) is 3. The highest BCUT2D eigenvalue weighted by Gasteiger charge is 2.35. The maximum absolute atomic E-state index is 5.54. The third kappa shape index (κ3) is 2.40. The molecule has 0 saturated heterocycles. The normalized spacial score (nSPS) is 22.4. The second-order valence-corrected chi connectivity index (χ2v) is 7.17. The van der Waals surface area contributed by atoms with Crippen LogP contribution >= 0.6 is 11.5 Å². The minimum Gasteiger partial charge on any atom is -0.493 e. The minimum atomic E-state index is 0.348. The molecule has 1 aromatic heterocycles. The van der Waals surface area contributed by atoms with E-state index in [1.54, 1.807) is 14.2 Å². The monoisotopic (exact) mass is 343 g/mol. The van der Waals surface area contributed by atoms with Crippen LogP contribution in [0.25, 0.3) is 0 Å². The van der Waals surface area contributed by atoms with Crippen LogP contribution in [-0.2, 0) is 0 Å². The van der Waals surface area contributed by atoms with Gasteiger partial charge in [-0.3, -0.25) is 4.99 Å². The zero-order valence-electron chi connectivity index (χ0n) is 14.2. The van der Waals surface area contributed by atoms with Crippen molar-refractivity contribution in [3.05, 3.63) is 33.8 Å². The molecule has 2 atom stereocenters. The molecule has 1 aliphatic heterocycles. The lowest BCUT2D eigenvalue weighted by molar-refractivity contribution is 0.349. The molecule has 2 heterocycles. The fourth-order valence-corrected chi connectivity index (χ4v) is 4.57. The first-order chi connectivity index (χ1) is 11.7. The summed E-state index contributed by atoms with van der Waals surface area (Å²) in [6, 6.07) is 4.56. The standard InChI is InChI=1S/C18H21N3O2S/c1-10-18(24-21-20-10)17-13-9-16(23-3)15(22-2)8-12(13)11-6-4-5-7-14(11)19-17/h8-9,11,14H,4-7H2,1-3H3. The number of hydrogen-bond acceptors (Lipinski definition) is 6. The van der Waals surface area contributed by atoms with Crippen molar-refractivity contribution in [1.29, 1.82) is 0 Å². The summed E-state index contributed by atoms with van der Waals surface area (Å²) in [5.41, 5.74) is 4.43. The lowest BCUT2D eigenvalue weighted by Gasteiger charge is -2.35. The van der Waals surface area contributed by atoms with Gasteiger partial charge in [0.2, 0.25) is 0 Å². The molecular weight excluding hydrogens is 322 g/mol. The third-order valence-corrected chi connectivity index (χ3v) is 5.94. The van der Waals surface area contributed by atoms with Crippen LogP contribution in [0.2, 0.25) is 0 Å². The Labute approximate surface area is 145 Å². The van der Waals surface area contributed by atoms with Gasteiger partial charge in [-0.1, -0.05) is 17.3 Å². The second-order valence-electron chi connectivity index (χ2n) is 6.42. The van der Waals surface area contributed by atoms with E-state index in [9.17, 15) is 0 Å². The molecule has 0 N–H and O–H groups in total. The number of benzene rings is 1. The van der Waals surface area contributed by atoms with Gasteiger partial charge in [-0.15, -0.1) is 5.10 Å². The van der Waals surface area contributed by atoms with Crippen LogP contribution in [0.5, 0.6) is 11.5 Å². The Balaban J connectivity index is 1.93. The summed E-state index contributed by atoms with van der Waals surface area (Å²) in [4.78, 5) is 6.19. The maximum atomic E-state index is 5.54. The van der Waals surface area contributed by atoms with Crippen molar-refractivity contribution in [3.63, 3.8) is 0 Å². The summed E-state index contributed by atoms with van der Waals surface area (Å²) in [6.07, 6.45) is 4.85.